The first-order valence-electron chi connectivity index (χ1n) is 7.27. The van der Waals surface area contributed by atoms with Gasteiger partial charge in [0.1, 0.15) is 0 Å². The Hall–Kier alpha value is -0.0800. The van der Waals surface area contributed by atoms with Crippen molar-refractivity contribution in [2.45, 2.75) is 64.5 Å². The van der Waals surface area contributed by atoms with Crippen LogP contribution in [0.25, 0.3) is 0 Å². The molecule has 2 rings (SSSR count). The molecule has 16 heavy (non-hydrogen) atoms. The molecule has 3 unspecified atom stereocenters. The summed E-state index contributed by atoms with van der Waals surface area (Å²) in [5, 5.41) is 3.63. The first-order chi connectivity index (χ1) is 7.79. The molecule has 0 aromatic heterocycles. The lowest BCUT2D eigenvalue weighted by Gasteiger charge is -2.36. The second-order valence-corrected chi connectivity index (χ2v) is 5.78. The van der Waals surface area contributed by atoms with Gasteiger partial charge in [-0.2, -0.15) is 0 Å². The maximum atomic E-state index is 3.63. The van der Waals surface area contributed by atoms with Crippen molar-refractivity contribution in [3.63, 3.8) is 0 Å². The summed E-state index contributed by atoms with van der Waals surface area (Å²) in [7, 11) is 0. The molecule has 2 aliphatic heterocycles. The van der Waals surface area contributed by atoms with Crippen LogP contribution in [-0.4, -0.2) is 36.6 Å². The van der Waals surface area contributed by atoms with Gasteiger partial charge in [-0.05, 0) is 58.0 Å². The van der Waals surface area contributed by atoms with E-state index in [9.17, 15) is 0 Å². The molecule has 0 spiro atoms. The molecule has 2 fully saturated rings. The molecule has 2 nitrogen and oxygen atoms in total. The third-order valence-corrected chi connectivity index (χ3v) is 4.61. The maximum absolute atomic E-state index is 3.63. The van der Waals surface area contributed by atoms with Gasteiger partial charge in [0.05, 0.1) is 0 Å². The van der Waals surface area contributed by atoms with E-state index in [4.69, 9.17) is 0 Å². The molecule has 2 heterocycles. The molecule has 3 atom stereocenters. The number of hydrogen-bond donors (Lipinski definition) is 1. The molecule has 0 aliphatic carbocycles. The van der Waals surface area contributed by atoms with E-state index in [-0.39, 0.29) is 0 Å². The average molecular weight is 224 g/mol. The Kier molecular flexibility index (Phi) is 4.66. The van der Waals surface area contributed by atoms with Gasteiger partial charge in [0.25, 0.3) is 0 Å². The van der Waals surface area contributed by atoms with Gasteiger partial charge >= 0.3 is 0 Å². The van der Waals surface area contributed by atoms with Crippen LogP contribution in [0.5, 0.6) is 0 Å². The number of nitrogens with one attached hydrogen (secondary N) is 1. The summed E-state index contributed by atoms with van der Waals surface area (Å²) in [6.07, 6.45) is 8.47. The van der Waals surface area contributed by atoms with Crippen molar-refractivity contribution in [1.29, 1.82) is 0 Å². The van der Waals surface area contributed by atoms with Gasteiger partial charge in [-0.15, -0.1) is 0 Å². The van der Waals surface area contributed by atoms with E-state index in [1.54, 1.807) is 0 Å². The Morgan fingerprint density at radius 1 is 1.12 bits per heavy atom. The zero-order chi connectivity index (χ0) is 11.4. The van der Waals surface area contributed by atoms with E-state index in [0.717, 1.165) is 18.0 Å². The van der Waals surface area contributed by atoms with Gasteiger partial charge in [0.15, 0.2) is 0 Å². The van der Waals surface area contributed by atoms with Gasteiger partial charge in [-0.3, -0.25) is 4.90 Å². The summed E-state index contributed by atoms with van der Waals surface area (Å²) >= 11 is 0. The van der Waals surface area contributed by atoms with Crippen LogP contribution in [0.4, 0.5) is 0 Å². The Balaban J connectivity index is 1.80. The maximum Gasteiger partial charge on any atom is 0.0221 e. The quantitative estimate of drug-likeness (QED) is 0.776. The van der Waals surface area contributed by atoms with Gasteiger partial charge in [-0.25, -0.2) is 0 Å². The van der Waals surface area contributed by atoms with E-state index in [2.05, 4.69) is 24.1 Å². The SMILES string of the molecule is CCC1CCCN(C2CCC(C)NC2)CC1. The molecule has 0 bridgehead atoms. The lowest BCUT2D eigenvalue weighted by molar-refractivity contribution is 0.157. The highest BCUT2D eigenvalue weighted by atomic mass is 15.2. The van der Waals surface area contributed by atoms with Crippen molar-refractivity contribution >= 4 is 0 Å². The minimum absolute atomic E-state index is 0.742. The second kappa shape index (κ2) is 6.02. The van der Waals surface area contributed by atoms with Crippen molar-refractivity contribution in [3.05, 3.63) is 0 Å². The monoisotopic (exact) mass is 224 g/mol. The van der Waals surface area contributed by atoms with Crippen LogP contribution in [0.15, 0.2) is 0 Å². The molecule has 2 heteroatoms. The highest BCUT2D eigenvalue weighted by Crippen LogP contribution is 2.23. The molecular formula is C14H28N2. The lowest BCUT2D eigenvalue weighted by atomic mass is 9.98. The van der Waals surface area contributed by atoms with E-state index in [0.29, 0.717) is 0 Å². The summed E-state index contributed by atoms with van der Waals surface area (Å²) in [6.45, 7) is 8.57. The standard InChI is InChI=1S/C14H28N2/c1-3-13-5-4-9-16(10-8-13)14-7-6-12(2)15-11-14/h12-15H,3-11H2,1-2H3. The molecule has 0 amide bonds. The molecule has 0 aromatic carbocycles. The third-order valence-electron chi connectivity index (χ3n) is 4.61. The number of hydrogen-bond acceptors (Lipinski definition) is 2. The van der Waals surface area contributed by atoms with Crippen LogP contribution >= 0.6 is 0 Å². The smallest absolute Gasteiger partial charge is 0.0221 e. The summed E-state index contributed by atoms with van der Waals surface area (Å²) in [4.78, 5) is 2.76. The molecular weight excluding hydrogens is 196 g/mol. The summed E-state index contributed by atoms with van der Waals surface area (Å²) in [6, 6.07) is 1.57. The van der Waals surface area contributed by atoms with Gasteiger partial charge in [0.2, 0.25) is 0 Å². The summed E-state index contributed by atoms with van der Waals surface area (Å²) in [5.41, 5.74) is 0. The van der Waals surface area contributed by atoms with Crippen LogP contribution < -0.4 is 5.32 Å². The van der Waals surface area contributed by atoms with Crippen LogP contribution in [0.3, 0.4) is 0 Å². The number of nitrogens with zero attached hydrogens (tertiary/aromatic N) is 1. The highest BCUT2D eigenvalue weighted by molar-refractivity contribution is 4.83. The topological polar surface area (TPSA) is 15.3 Å². The van der Waals surface area contributed by atoms with E-state index in [1.165, 1.54) is 58.2 Å². The van der Waals surface area contributed by atoms with Crippen molar-refractivity contribution in [2.75, 3.05) is 19.6 Å². The Morgan fingerprint density at radius 2 is 2.00 bits per heavy atom. The first kappa shape index (κ1) is 12.4. The average Bonchev–Trinajstić information content (AvgIpc) is 2.55. The van der Waals surface area contributed by atoms with Crippen LogP contribution in [-0.2, 0) is 0 Å². The van der Waals surface area contributed by atoms with E-state index < -0.39 is 0 Å². The lowest BCUT2D eigenvalue weighted by Crippen LogP contribution is -2.49. The predicted octanol–water partition coefficient (Wildman–Crippen LogP) is 2.64. The molecule has 0 aromatic rings. The first-order valence-corrected chi connectivity index (χ1v) is 7.27. The molecule has 2 aliphatic rings. The molecule has 0 saturated carbocycles. The fraction of sp³-hybridized carbons (Fsp3) is 1.00. The van der Waals surface area contributed by atoms with Crippen LogP contribution in [0.1, 0.15) is 52.4 Å². The van der Waals surface area contributed by atoms with Crippen molar-refractivity contribution in [3.8, 4) is 0 Å². The molecule has 1 N–H and O–H groups in total. The van der Waals surface area contributed by atoms with Gasteiger partial charge < -0.3 is 5.32 Å². The Bertz CT molecular complexity index is 197. The zero-order valence-corrected chi connectivity index (χ0v) is 11.0. The van der Waals surface area contributed by atoms with Gasteiger partial charge in [-0.1, -0.05) is 13.3 Å². The fourth-order valence-corrected chi connectivity index (χ4v) is 3.26. The molecule has 94 valence electrons. The zero-order valence-electron chi connectivity index (χ0n) is 11.0. The van der Waals surface area contributed by atoms with Crippen LogP contribution in [0, 0.1) is 5.92 Å². The minimum Gasteiger partial charge on any atom is -0.313 e. The third kappa shape index (κ3) is 3.21. The normalized spacial score (nSPS) is 38.2. The van der Waals surface area contributed by atoms with E-state index >= 15 is 0 Å². The fourth-order valence-electron chi connectivity index (χ4n) is 3.26. The Morgan fingerprint density at radius 3 is 2.69 bits per heavy atom. The largest absolute Gasteiger partial charge is 0.313 e. The summed E-state index contributed by atoms with van der Waals surface area (Å²) in [5.74, 6) is 1.00. The number of likely N-dealkylation sites (tertiary alicyclic amines) is 1. The van der Waals surface area contributed by atoms with Crippen molar-refractivity contribution in [1.82, 2.24) is 10.2 Å². The van der Waals surface area contributed by atoms with Gasteiger partial charge in [0, 0.05) is 18.6 Å². The van der Waals surface area contributed by atoms with Crippen molar-refractivity contribution < 1.29 is 0 Å². The second-order valence-electron chi connectivity index (χ2n) is 5.78. The number of rotatable bonds is 2. The minimum atomic E-state index is 0.742. The highest BCUT2D eigenvalue weighted by Gasteiger charge is 2.25. The van der Waals surface area contributed by atoms with E-state index in [1.807, 2.05) is 0 Å². The molecule has 0 radical (unpaired) electrons. The molecule has 2 saturated heterocycles. The predicted molar refractivity (Wildman–Crippen MR) is 69.7 cm³/mol. The van der Waals surface area contributed by atoms with Crippen LogP contribution in [0.2, 0.25) is 0 Å². The summed E-state index contributed by atoms with van der Waals surface area (Å²) < 4.78 is 0. The van der Waals surface area contributed by atoms with Crippen molar-refractivity contribution in [2.24, 2.45) is 5.92 Å². The Labute approximate surface area is 101 Å². The number of piperidine rings is 1.